The summed E-state index contributed by atoms with van der Waals surface area (Å²) < 4.78 is 0. The van der Waals surface area contributed by atoms with Crippen LogP contribution in [-0.4, -0.2) is 23.9 Å². The van der Waals surface area contributed by atoms with E-state index in [0.29, 0.717) is 6.54 Å². The first-order valence-corrected chi connectivity index (χ1v) is 9.28. The maximum absolute atomic E-state index is 12.6. The normalized spacial score (nSPS) is 18.1. The Morgan fingerprint density at radius 1 is 1.24 bits per heavy atom. The summed E-state index contributed by atoms with van der Waals surface area (Å²) in [6.45, 7) is 5.29. The highest BCUT2D eigenvalue weighted by atomic mass is 35.5. The molecule has 0 spiro atoms. The van der Waals surface area contributed by atoms with Crippen LogP contribution in [-0.2, 0) is 17.9 Å². The zero-order valence-electron chi connectivity index (χ0n) is 14.7. The van der Waals surface area contributed by atoms with Gasteiger partial charge >= 0.3 is 0 Å². The van der Waals surface area contributed by atoms with E-state index in [9.17, 15) is 4.79 Å². The fourth-order valence-corrected chi connectivity index (χ4v) is 3.63. The predicted octanol–water partition coefficient (Wildman–Crippen LogP) is 4.18. The molecule has 0 unspecified atom stereocenters. The molecule has 25 heavy (non-hydrogen) atoms. The lowest BCUT2D eigenvalue weighted by molar-refractivity contribution is -0.126. The lowest BCUT2D eigenvalue weighted by atomic mass is 9.96. The first kappa shape index (κ1) is 18.0. The average Bonchev–Trinajstić information content (AvgIpc) is 2.62. The van der Waals surface area contributed by atoms with Crippen LogP contribution in [0.25, 0.3) is 0 Å². The molecule has 1 N–H and O–H groups in total. The van der Waals surface area contributed by atoms with Crippen molar-refractivity contribution in [2.45, 2.75) is 32.9 Å². The van der Waals surface area contributed by atoms with Crippen LogP contribution in [0, 0.1) is 12.8 Å². The molecule has 0 radical (unpaired) electrons. The van der Waals surface area contributed by atoms with Gasteiger partial charge in [-0.25, -0.2) is 0 Å². The molecular formula is C21H25ClN2O. The number of rotatable bonds is 5. The van der Waals surface area contributed by atoms with Crippen molar-refractivity contribution >= 4 is 17.5 Å². The van der Waals surface area contributed by atoms with Gasteiger partial charge in [0.2, 0.25) is 5.91 Å². The average molecular weight is 357 g/mol. The molecular weight excluding hydrogens is 332 g/mol. The number of carbonyl (C=O) groups excluding carboxylic acids is 1. The van der Waals surface area contributed by atoms with Gasteiger partial charge in [-0.1, -0.05) is 59.6 Å². The molecule has 2 aromatic carbocycles. The molecule has 0 saturated carbocycles. The Bertz CT molecular complexity index is 731. The van der Waals surface area contributed by atoms with Crippen molar-refractivity contribution in [1.29, 1.82) is 0 Å². The first-order chi connectivity index (χ1) is 12.1. The van der Waals surface area contributed by atoms with E-state index in [1.54, 1.807) is 0 Å². The Balaban J connectivity index is 1.53. The van der Waals surface area contributed by atoms with Crippen molar-refractivity contribution in [2.24, 2.45) is 5.92 Å². The molecule has 1 fully saturated rings. The molecule has 1 heterocycles. The summed E-state index contributed by atoms with van der Waals surface area (Å²) in [6, 6.07) is 16.2. The van der Waals surface area contributed by atoms with Crippen LogP contribution < -0.4 is 5.32 Å². The molecule has 1 aliphatic heterocycles. The van der Waals surface area contributed by atoms with Crippen molar-refractivity contribution in [2.75, 3.05) is 13.1 Å². The third kappa shape index (κ3) is 5.07. The van der Waals surface area contributed by atoms with Crippen LogP contribution in [0.5, 0.6) is 0 Å². The molecule has 0 aromatic heterocycles. The standard InChI is InChI=1S/C21H25ClN2O/c1-16-6-4-7-17(12-16)13-23-21(25)19-9-5-11-24(15-19)14-18-8-2-3-10-20(18)22/h2-4,6-8,10,12,19H,5,9,11,13-15H2,1H3,(H,23,25)/t19-/m1/s1. The van der Waals surface area contributed by atoms with Gasteiger partial charge in [-0.2, -0.15) is 0 Å². The molecule has 1 atom stereocenters. The zero-order valence-corrected chi connectivity index (χ0v) is 15.4. The van der Waals surface area contributed by atoms with Gasteiger partial charge in [0.05, 0.1) is 5.92 Å². The summed E-state index contributed by atoms with van der Waals surface area (Å²) >= 11 is 6.27. The van der Waals surface area contributed by atoms with E-state index in [2.05, 4.69) is 41.4 Å². The topological polar surface area (TPSA) is 32.3 Å². The summed E-state index contributed by atoms with van der Waals surface area (Å²) in [5.74, 6) is 0.214. The number of likely N-dealkylation sites (tertiary alicyclic amines) is 1. The van der Waals surface area contributed by atoms with E-state index in [4.69, 9.17) is 11.6 Å². The van der Waals surface area contributed by atoms with Gasteiger partial charge in [-0.3, -0.25) is 9.69 Å². The summed E-state index contributed by atoms with van der Waals surface area (Å²) in [5, 5.41) is 3.90. The number of amides is 1. The summed E-state index contributed by atoms with van der Waals surface area (Å²) in [7, 11) is 0. The Kier molecular flexibility index (Phi) is 6.11. The highest BCUT2D eigenvalue weighted by molar-refractivity contribution is 6.31. The fourth-order valence-electron chi connectivity index (χ4n) is 3.44. The fraction of sp³-hybridized carbons (Fsp3) is 0.381. The summed E-state index contributed by atoms with van der Waals surface area (Å²) in [4.78, 5) is 14.9. The van der Waals surface area contributed by atoms with Gasteiger partial charge in [-0.05, 0) is 43.5 Å². The van der Waals surface area contributed by atoms with Gasteiger partial charge in [0, 0.05) is 24.7 Å². The second-order valence-electron chi connectivity index (χ2n) is 6.87. The Morgan fingerprint density at radius 3 is 2.88 bits per heavy atom. The number of aryl methyl sites for hydroxylation is 1. The Hall–Kier alpha value is -1.84. The van der Waals surface area contributed by atoms with Crippen molar-refractivity contribution < 1.29 is 4.79 Å². The van der Waals surface area contributed by atoms with Crippen molar-refractivity contribution in [1.82, 2.24) is 10.2 Å². The largest absolute Gasteiger partial charge is 0.352 e. The predicted molar refractivity (Wildman–Crippen MR) is 102 cm³/mol. The lowest BCUT2D eigenvalue weighted by Gasteiger charge is -2.32. The van der Waals surface area contributed by atoms with Gasteiger partial charge in [0.1, 0.15) is 0 Å². The van der Waals surface area contributed by atoms with Gasteiger partial charge in [0.25, 0.3) is 0 Å². The smallest absolute Gasteiger partial charge is 0.224 e. The van der Waals surface area contributed by atoms with Gasteiger partial charge in [0.15, 0.2) is 0 Å². The van der Waals surface area contributed by atoms with E-state index in [1.165, 1.54) is 5.56 Å². The number of piperidine rings is 1. The maximum atomic E-state index is 12.6. The maximum Gasteiger partial charge on any atom is 0.224 e. The molecule has 1 saturated heterocycles. The minimum absolute atomic E-state index is 0.0565. The highest BCUT2D eigenvalue weighted by Gasteiger charge is 2.25. The molecule has 132 valence electrons. The molecule has 4 heteroatoms. The summed E-state index contributed by atoms with van der Waals surface area (Å²) in [5.41, 5.74) is 3.50. The summed E-state index contributed by atoms with van der Waals surface area (Å²) in [6.07, 6.45) is 2.01. The number of carbonyl (C=O) groups is 1. The molecule has 1 aliphatic rings. The number of nitrogens with zero attached hydrogens (tertiary/aromatic N) is 1. The van der Waals surface area contributed by atoms with Gasteiger partial charge in [-0.15, -0.1) is 0 Å². The number of benzene rings is 2. The molecule has 0 bridgehead atoms. The van der Waals surface area contributed by atoms with E-state index >= 15 is 0 Å². The second-order valence-corrected chi connectivity index (χ2v) is 7.28. The van der Waals surface area contributed by atoms with Crippen LogP contribution >= 0.6 is 11.6 Å². The molecule has 3 nitrogen and oxygen atoms in total. The van der Waals surface area contributed by atoms with E-state index in [1.807, 2.05) is 24.3 Å². The molecule has 1 amide bonds. The van der Waals surface area contributed by atoms with Crippen LogP contribution in [0.4, 0.5) is 0 Å². The zero-order chi connectivity index (χ0) is 17.6. The SMILES string of the molecule is Cc1cccc(CNC(=O)[C@@H]2CCCN(Cc3ccccc3Cl)C2)c1. The third-order valence-electron chi connectivity index (χ3n) is 4.78. The van der Waals surface area contributed by atoms with Crippen LogP contribution in [0.1, 0.15) is 29.5 Å². The van der Waals surface area contributed by atoms with E-state index in [0.717, 1.165) is 48.6 Å². The number of hydrogen-bond acceptors (Lipinski definition) is 2. The van der Waals surface area contributed by atoms with Crippen molar-refractivity contribution in [3.05, 3.63) is 70.2 Å². The number of halogens is 1. The van der Waals surface area contributed by atoms with E-state index in [-0.39, 0.29) is 11.8 Å². The van der Waals surface area contributed by atoms with Gasteiger partial charge < -0.3 is 5.32 Å². The second kappa shape index (κ2) is 8.50. The van der Waals surface area contributed by atoms with E-state index < -0.39 is 0 Å². The number of nitrogens with one attached hydrogen (secondary N) is 1. The lowest BCUT2D eigenvalue weighted by Crippen LogP contribution is -2.42. The third-order valence-corrected chi connectivity index (χ3v) is 5.15. The number of hydrogen-bond donors (Lipinski definition) is 1. The Labute approximate surface area is 155 Å². The minimum atomic E-state index is 0.0565. The van der Waals surface area contributed by atoms with Crippen molar-refractivity contribution in [3.8, 4) is 0 Å². The monoisotopic (exact) mass is 356 g/mol. The van der Waals surface area contributed by atoms with Crippen molar-refractivity contribution in [3.63, 3.8) is 0 Å². The molecule has 3 rings (SSSR count). The minimum Gasteiger partial charge on any atom is -0.352 e. The highest BCUT2D eigenvalue weighted by Crippen LogP contribution is 2.22. The van der Waals surface area contributed by atoms with Crippen LogP contribution in [0.3, 0.4) is 0 Å². The molecule has 0 aliphatic carbocycles. The van der Waals surface area contributed by atoms with Crippen LogP contribution in [0.15, 0.2) is 48.5 Å². The Morgan fingerprint density at radius 2 is 2.08 bits per heavy atom. The molecule has 2 aromatic rings. The quantitative estimate of drug-likeness (QED) is 0.871. The first-order valence-electron chi connectivity index (χ1n) is 8.91. The van der Waals surface area contributed by atoms with Crippen LogP contribution in [0.2, 0.25) is 5.02 Å².